The van der Waals surface area contributed by atoms with Crippen molar-refractivity contribution in [2.45, 2.75) is 72.0 Å². The van der Waals surface area contributed by atoms with Gasteiger partial charge in [-0.2, -0.15) is 0 Å². The van der Waals surface area contributed by atoms with Gasteiger partial charge in [0.25, 0.3) is 0 Å². The van der Waals surface area contributed by atoms with Crippen LogP contribution in [0.25, 0.3) is 0 Å². The molecule has 0 bridgehead atoms. The first kappa shape index (κ1) is 17.1. The summed E-state index contributed by atoms with van der Waals surface area (Å²) in [4.78, 5) is 12.0. The van der Waals surface area contributed by atoms with Crippen molar-refractivity contribution in [3.63, 3.8) is 0 Å². The van der Waals surface area contributed by atoms with E-state index in [1.165, 1.54) is 37.7 Å². The summed E-state index contributed by atoms with van der Waals surface area (Å²) in [6.45, 7) is 7.64. The second kappa shape index (κ2) is 5.74. The molecule has 0 N–H and O–H groups in total. The van der Waals surface area contributed by atoms with Crippen molar-refractivity contribution in [2.24, 2.45) is 28.6 Å². The molecule has 0 spiro atoms. The van der Waals surface area contributed by atoms with E-state index in [0.717, 1.165) is 42.8 Å². The molecule has 1 aliphatic heterocycles. The van der Waals surface area contributed by atoms with Crippen LogP contribution in [0.1, 0.15) is 65.2 Å². The van der Waals surface area contributed by atoms with Crippen LogP contribution in [-0.2, 0) is 14.1 Å². The Morgan fingerprint density at radius 3 is 2.62 bits per heavy atom. The van der Waals surface area contributed by atoms with E-state index < -0.39 is 0 Å². The van der Waals surface area contributed by atoms with E-state index in [2.05, 4.69) is 13.8 Å². The Kier molecular flexibility index (Phi) is 3.77. The van der Waals surface area contributed by atoms with Crippen molar-refractivity contribution < 1.29 is 14.1 Å². The van der Waals surface area contributed by atoms with Gasteiger partial charge in [0.05, 0.1) is 6.61 Å². The fraction of sp³-hybridized carbons (Fsp3) is 0.773. The summed E-state index contributed by atoms with van der Waals surface area (Å²) >= 11 is 0. The molecule has 4 fully saturated rings. The normalized spacial score (nSPS) is 47.8. The van der Waals surface area contributed by atoms with Crippen LogP contribution in [0.5, 0.6) is 0 Å². The Balaban J connectivity index is 1.47. The van der Waals surface area contributed by atoms with Gasteiger partial charge in [0.15, 0.2) is 5.78 Å². The monoisotopic (exact) mass is 354 g/mol. The first-order valence-electron chi connectivity index (χ1n) is 10.7. The first-order valence-corrected chi connectivity index (χ1v) is 10.7. The Bertz CT molecular complexity index is 710. The summed E-state index contributed by atoms with van der Waals surface area (Å²) < 4.78 is 11.7. The minimum Gasteiger partial charge on any atom is -0.538 e. The second-order valence-corrected chi connectivity index (χ2v) is 9.86. The summed E-state index contributed by atoms with van der Waals surface area (Å²) in [6, 6.07) is 0. The molecule has 3 nitrogen and oxygen atoms in total. The highest BCUT2D eigenvalue weighted by atomic mass is 16.6. The summed E-state index contributed by atoms with van der Waals surface area (Å²) in [5, 5.41) is 0. The lowest BCUT2D eigenvalue weighted by Crippen LogP contribution is -2.49. The number of allylic oxidation sites excluding steroid dienone is 2. The third kappa shape index (κ3) is 2.27. The van der Waals surface area contributed by atoms with Gasteiger partial charge in [-0.15, -0.1) is 0 Å². The van der Waals surface area contributed by atoms with Crippen LogP contribution in [0.15, 0.2) is 23.0 Å². The topological polar surface area (TPSA) is 35.5 Å². The number of hydrogen-bond donors (Lipinski definition) is 0. The molecule has 26 heavy (non-hydrogen) atoms. The maximum atomic E-state index is 12.0. The standard InChI is InChI=1S/C22H31BO3/c1-21-10-8-15(24)12-14(21)4-5-16-17-6-7-19(20-13-25-23(3)26-20)22(17,2)11-9-18(16)21/h12,16-18H,4-11,13H2,1-3H3/b20-19+/t16-,17-,18-,21-,22-/m0/s1. The van der Waals surface area contributed by atoms with Crippen molar-refractivity contribution in [3.8, 4) is 0 Å². The van der Waals surface area contributed by atoms with Crippen LogP contribution in [-0.4, -0.2) is 19.5 Å². The Labute approximate surface area is 157 Å². The minimum absolute atomic E-state index is 0.0856. The van der Waals surface area contributed by atoms with E-state index >= 15 is 0 Å². The lowest BCUT2D eigenvalue weighted by molar-refractivity contribution is -0.117. The SMILES string of the molecule is CB1OC/C(=C2/CC[C@H]3[C@@H]4CCC5=CC(=O)CC[C@]5(C)[C@H]4CC[C@]23C)O1. The lowest BCUT2D eigenvalue weighted by Gasteiger charge is -2.57. The molecular formula is C22H31BO3. The Morgan fingerprint density at radius 2 is 1.85 bits per heavy atom. The summed E-state index contributed by atoms with van der Waals surface area (Å²) in [5.74, 6) is 3.85. The number of fused-ring (bicyclic) bond motifs is 5. The highest BCUT2D eigenvalue weighted by Crippen LogP contribution is 2.66. The van der Waals surface area contributed by atoms with Crippen molar-refractivity contribution in [2.75, 3.05) is 6.61 Å². The second-order valence-electron chi connectivity index (χ2n) is 9.86. The van der Waals surface area contributed by atoms with Gasteiger partial charge in [0.1, 0.15) is 5.76 Å². The predicted molar refractivity (Wildman–Crippen MR) is 102 cm³/mol. The van der Waals surface area contributed by atoms with Crippen LogP contribution in [0.3, 0.4) is 0 Å². The van der Waals surface area contributed by atoms with E-state index in [9.17, 15) is 4.79 Å². The highest BCUT2D eigenvalue weighted by Gasteiger charge is 2.58. The largest absolute Gasteiger partial charge is 0.538 e. The van der Waals surface area contributed by atoms with Crippen molar-refractivity contribution in [1.29, 1.82) is 0 Å². The molecule has 5 aliphatic rings. The number of carbonyl (C=O) groups is 1. The number of ketones is 1. The van der Waals surface area contributed by atoms with Crippen LogP contribution in [0, 0.1) is 28.6 Å². The molecule has 0 radical (unpaired) electrons. The van der Waals surface area contributed by atoms with Gasteiger partial charge in [-0.25, -0.2) is 0 Å². The maximum absolute atomic E-state index is 12.0. The molecule has 5 atom stereocenters. The van der Waals surface area contributed by atoms with E-state index in [1.54, 1.807) is 5.57 Å². The van der Waals surface area contributed by atoms with E-state index in [-0.39, 0.29) is 12.5 Å². The minimum atomic E-state index is -0.0856. The van der Waals surface area contributed by atoms with Crippen molar-refractivity contribution in [1.82, 2.24) is 0 Å². The van der Waals surface area contributed by atoms with Gasteiger partial charge < -0.3 is 9.31 Å². The summed E-state index contributed by atoms with van der Waals surface area (Å²) in [7, 11) is -0.0856. The number of carbonyl (C=O) groups excluding carboxylic acids is 1. The number of hydrogen-bond acceptors (Lipinski definition) is 3. The summed E-state index contributed by atoms with van der Waals surface area (Å²) in [5.41, 5.74) is 3.61. The average Bonchev–Trinajstić information content (AvgIpc) is 3.18. The smallest absolute Gasteiger partial charge is 0.522 e. The van der Waals surface area contributed by atoms with E-state index in [4.69, 9.17) is 9.31 Å². The lowest BCUT2D eigenvalue weighted by atomic mass is 9.47. The zero-order chi connectivity index (χ0) is 18.1. The molecule has 0 aromatic heterocycles. The molecule has 5 rings (SSSR count). The molecule has 0 unspecified atom stereocenters. The quantitative estimate of drug-likeness (QED) is 0.578. The predicted octanol–water partition coefficient (Wildman–Crippen LogP) is 4.94. The Hall–Kier alpha value is -1.03. The van der Waals surface area contributed by atoms with Gasteiger partial charge in [-0.05, 0) is 92.0 Å². The van der Waals surface area contributed by atoms with Gasteiger partial charge in [-0.3, -0.25) is 4.79 Å². The highest BCUT2D eigenvalue weighted by molar-refractivity contribution is 6.43. The van der Waals surface area contributed by atoms with Crippen LogP contribution < -0.4 is 0 Å². The molecule has 1 heterocycles. The Morgan fingerprint density at radius 1 is 1.04 bits per heavy atom. The maximum Gasteiger partial charge on any atom is 0.522 e. The fourth-order valence-corrected chi connectivity index (χ4v) is 7.45. The molecule has 4 heteroatoms. The molecule has 0 aromatic rings. The van der Waals surface area contributed by atoms with Gasteiger partial charge >= 0.3 is 7.12 Å². The van der Waals surface area contributed by atoms with Gasteiger partial charge in [0, 0.05) is 6.42 Å². The third-order valence-electron chi connectivity index (χ3n) is 8.84. The van der Waals surface area contributed by atoms with Crippen molar-refractivity contribution >= 4 is 12.9 Å². The van der Waals surface area contributed by atoms with Crippen LogP contribution in [0.4, 0.5) is 0 Å². The molecule has 4 aliphatic carbocycles. The molecular weight excluding hydrogens is 323 g/mol. The zero-order valence-corrected chi connectivity index (χ0v) is 16.5. The van der Waals surface area contributed by atoms with Crippen LogP contribution >= 0.6 is 0 Å². The summed E-state index contributed by atoms with van der Waals surface area (Å²) in [6.07, 6.45) is 11.3. The van der Waals surface area contributed by atoms with Gasteiger partial charge in [0.2, 0.25) is 0 Å². The van der Waals surface area contributed by atoms with Crippen LogP contribution in [0.2, 0.25) is 6.82 Å². The molecule has 0 amide bonds. The molecule has 140 valence electrons. The van der Waals surface area contributed by atoms with Gasteiger partial charge in [-0.1, -0.05) is 19.4 Å². The molecule has 3 saturated carbocycles. The van der Waals surface area contributed by atoms with E-state index in [0.29, 0.717) is 17.8 Å². The average molecular weight is 354 g/mol. The third-order valence-corrected chi connectivity index (χ3v) is 8.84. The van der Waals surface area contributed by atoms with Crippen molar-refractivity contribution in [3.05, 3.63) is 23.0 Å². The van der Waals surface area contributed by atoms with E-state index in [1.807, 2.05) is 12.9 Å². The zero-order valence-electron chi connectivity index (χ0n) is 16.5. The fourth-order valence-electron chi connectivity index (χ4n) is 7.45. The molecule has 1 saturated heterocycles. The number of rotatable bonds is 0. The molecule has 0 aromatic carbocycles. The first-order chi connectivity index (χ1) is 12.4.